The molecular weight excluding hydrogens is 210 g/mol. The number of nitrogens with two attached hydrogens (primary N) is 1. The quantitative estimate of drug-likeness (QED) is 0.676. The van der Waals surface area contributed by atoms with Crippen LogP contribution >= 0.6 is 0 Å². The van der Waals surface area contributed by atoms with Crippen LogP contribution in [0.4, 0.5) is 5.69 Å². The molecule has 0 amide bonds. The van der Waals surface area contributed by atoms with Crippen molar-refractivity contribution in [3.8, 4) is 0 Å². The second-order valence-corrected chi connectivity index (χ2v) is 4.56. The maximum Gasteiger partial charge on any atom is 0.105 e. The van der Waals surface area contributed by atoms with Crippen LogP contribution in [0.5, 0.6) is 0 Å². The van der Waals surface area contributed by atoms with Crippen molar-refractivity contribution in [3.05, 3.63) is 64.7 Å². The van der Waals surface area contributed by atoms with Gasteiger partial charge in [-0.2, -0.15) is 0 Å². The first-order valence-electron chi connectivity index (χ1n) is 5.90. The molecule has 17 heavy (non-hydrogen) atoms. The summed E-state index contributed by atoms with van der Waals surface area (Å²) >= 11 is 0. The fourth-order valence-corrected chi connectivity index (χ4v) is 2.56. The molecule has 3 rings (SSSR count). The van der Waals surface area contributed by atoms with Crippen molar-refractivity contribution in [2.75, 3.05) is 5.73 Å². The van der Waals surface area contributed by atoms with Crippen molar-refractivity contribution in [3.63, 3.8) is 0 Å². The van der Waals surface area contributed by atoms with Crippen LogP contribution in [-0.2, 0) is 12.8 Å². The average molecular weight is 225 g/mol. The highest BCUT2D eigenvalue weighted by atomic mass is 16.3. The molecule has 1 aliphatic carbocycles. The molecule has 2 aromatic rings. The van der Waals surface area contributed by atoms with Crippen molar-refractivity contribution in [1.82, 2.24) is 0 Å². The molecule has 0 aliphatic heterocycles. The number of aliphatic hydroxyl groups is 1. The van der Waals surface area contributed by atoms with E-state index in [0.29, 0.717) is 5.69 Å². The Hall–Kier alpha value is -1.80. The van der Waals surface area contributed by atoms with E-state index in [1.807, 2.05) is 36.4 Å². The highest BCUT2D eigenvalue weighted by molar-refractivity contribution is 5.50. The minimum Gasteiger partial charge on any atom is -0.399 e. The van der Waals surface area contributed by atoms with Crippen LogP contribution in [0.25, 0.3) is 0 Å². The van der Waals surface area contributed by atoms with E-state index >= 15 is 0 Å². The van der Waals surface area contributed by atoms with Gasteiger partial charge in [0.2, 0.25) is 0 Å². The van der Waals surface area contributed by atoms with Crippen molar-refractivity contribution >= 4 is 5.69 Å². The van der Waals surface area contributed by atoms with Gasteiger partial charge in [-0.05, 0) is 47.2 Å². The Balaban J connectivity index is 2.18. The molecule has 0 fully saturated rings. The van der Waals surface area contributed by atoms with Crippen LogP contribution in [0, 0.1) is 0 Å². The Kier molecular flexibility index (Phi) is 2.37. The number of nitrogen functional groups attached to an aromatic ring is 1. The SMILES string of the molecule is Nc1ccc2c(c1)C(O)c1ccccc1CC2. The molecule has 0 radical (unpaired) electrons. The molecule has 2 nitrogen and oxygen atoms in total. The predicted molar refractivity (Wildman–Crippen MR) is 68.8 cm³/mol. The van der Waals surface area contributed by atoms with E-state index < -0.39 is 6.10 Å². The highest BCUT2D eigenvalue weighted by Crippen LogP contribution is 2.33. The van der Waals surface area contributed by atoms with Gasteiger partial charge in [0.05, 0.1) is 0 Å². The molecule has 0 aromatic heterocycles. The maximum absolute atomic E-state index is 10.5. The summed E-state index contributed by atoms with van der Waals surface area (Å²) < 4.78 is 0. The van der Waals surface area contributed by atoms with E-state index in [1.165, 1.54) is 11.1 Å². The number of benzene rings is 2. The molecule has 0 saturated carbocycles. The molecule has 3 N–H and O–H groups in total. The van der Waals surface area contributed by atoms with Gasteiger partial charge in [0.1, 0.15) is 6.10 Å². The van der Waals surface area contributed by atoms with E-state index in [2.05, 4.69) is 6.07 Å². The molecule has 1 aliphatic rings. The lowest BCUT2D eigenvalue weighted by Gasteiger charge is -2.14. The van der Waals surface area contributed by atoms with Gasteiger partial charge < -0.3 is 10.8 Å². The molecule has 0 heterocycles. The van der Waals surface area contributed by atoms with Gasteiger partial charge in [-0.1, -0.05) is 30.3 Å². The monoisotopic (exact) mass is 225 g/mol. The summed E-state index contributed by atoms with van der Waals surface area (Å²) in [5.74, 6) is 0. The Morgan fingerprint density at radius 1 is 0.941 bits per heavy atom. The van der Waals surface area contributed by atoms with Gasteiger partial charge in [0.15, 0.2) is 0 Å². The standard InChI is InChI=1S/C15H15NO/c16-12-8-7-11-6-5-10-3-1-2-4-13(10)15(17)14(11)9-12/h1-4,7-9,15,17H,5-6,16H2. The van der Waals surface area contributed by atoms with E-state index in [-0.39, 0.29) is 0 Å². The fraction of sp³-hybridized carbons (Fsp3) is 0.200. The first kappa shape index (κ1) is 10.4. The summed E-state index contributed by atoms with van der Waals surface area (Å²) in [5, 5.41) is 10.5. The van der Waals surface area contributed by atoms with Gasteiger partial charge in [-0.25, -0.2) is 0 Å². The van der Waals surface area contributed by atoms with E-state index in [0.717, 1.165) is 24.0 Å². The Bertz CT molecular complexity index is 563. The number of aryl methyl sites for hydroxylation is 2. The summed E-state index contributed by atoms with van der Waals surface area (Å²) in [7, 11) is 0. The molecule has 86 valence electrons. The van der Waals surface area contributed by atoms with Gasteiger partial charge in [0, 0.05) is 5.69 Å². The van der Waals surface area contributed by atoms with E-state index in [1.54, 1.807) is 0 Å². The third kappa shape index (κ3) is 1.71. The molecule has 0 bridgehead atoms. The summed E-state index contributed by atoms with van der Waals surface area (Å²) in [4.78, 5) is 0. The summed E-state index contributed by atoms with van der Waals surface area (Å²) in [6, 6.07) is 13.9. The zero-order chi connectivity index (χ0) is 11.8. The third-order valence-electron chi connectivity index (χ3n) is 3.48. The predicted octanol–water partition coefficient (Wildman–Crippen LogP) is 2.45. The lowest BCUT2D eigenvalue weighted by molar-refractivity contribution is 0.219. The van der Waals surface area contributed by atoms with E-state index in [4.69, 9.17) is 5.73 Å². The molecule has 2 heteroatoms. The summed E-state index contributed by atoms with van der Waals surface area (Å²) in [5.41, 5.74) is 10.9. The molecule has 2 aromatic carbocycles. The van der Waals surface area contributed by atoms with Gasteiger partial charge in [-0.15, -0.1) is 0 Å². The minimum absolute atomic E-state index is 0.549. The molecule has 0 spiro atoms. The smallest absolute Gasteiger partial charge is 0.105 e. The maximum atomic E-state index is 10.5. The van der Waals surface area contributed by atoms with Crippen LogP contribution in [0.2, 0.25) is 0 Å². The second kappa shape index (κ2) is 3.90. The van der Waals surface area contributed by atoms with Gasteiger partial charge in [-0.3, -0.25) is 0 Å². The van der Waals surface area contributed by atoms with Crippen LogP contribution in [0.1, 0.15) is 28.4 Å². The number of hydrogen-bond donors (Lipinski definition) is 2. The molecule has 1 atom stereocenters. The summed E-state index contributed by atoms with van der Waals surface area (Å²) in [6.45, 7) is 0. The average Bonchev–Trinajstić information content (AvgIpc) is 2.49. The normalized spacial score (nSPS) is 18.1. The van der Waals surface area contributed by atoms with Crippen LogP contribution in [0.3, 0.4) is 0 Å². The first-order valence-corrected chi connectivity index (χ1v) is 5.90. The summed E-state index contributed by atoms with van der Waals surface area (Å²) in [6.07, 6.45) is 1.39. The fourth-order valence-electron chi connectivity index (χ4n) is 2.56. The Morgan fingerprint density at radius 3 is 2.47 bits per heavy atom. The van der Waals surface area contributed by atoms with Crippen molar-refractivity contribution < 1.29 is 5.11 Å². The zero-order valence-corrected chi connectivity index (χ0v) is 9.56. The molecule has 0 saturated heterocycles. The lowest BCUT2D eigenvalue weighted by Crippen LogP contribution is -2.03. The Morgan fingerprint density at radius 2 is 1.65 bits per heavy atom. The lowest BCUT2D eigenvalue weighted by atomic mass is 9.97. The van der Waals surface area contributed by atoms with Crippen LogP contribution in [-0.4, -0.2) is 5.11 Å². The molecule has 1 unspecified atom stereocenters. The third-order valence-corrected chi connectivity index (χ3v) is 3.48. The van der Waals surface area contributed by atoms with Gasteiger partial charge in [0.25, 0.3) is 0 Å². The second-order valence-electron chi connectivity index (χ2n) is 4.56. The van der Waals surface area contributed by atoms with E-state index in [9.17, 15) is 5.11 Å². The van der Waals surface area contributed by atoms with Gasteiger partial charge >= 0.3 is 0 Å². The zero-order valence-electron chi connectivity index (χ0n) is 9.56. The number of hydrogen-bond acceptors (Lipinski definition) is 2. The molecular formula is C15H15NO. The first-order chi connectivity index (χ1) is 8.25. The highest BCUT2D eigenvalue weighted by Gasteiger charge is 2.21. The van der Waals surface area contributed by atoms with Crippen LogP contribution < -0.4 is 5.73 Å². The van der Waals surface area contributed by atoms with Crippen molar-refractivity contribution in [2.24, 2.45) is 0 Å². The largest absolute Gasteiger partial charge is 0.399 e. The number of rotatable bonds is 0. The number of aliphatic hydroxyl groups excluding tert-OH is 1. The Labute approximate surface area is 101 Å². The van der Waals surface area contributed by atoms with Crippen molar-refractivity contribution in [1.29, 1.82) is 0 Å². The number of anilines is 1. The minimum atomic E-state index is -0.549. The van der Waals surface area contributed by atoms with Crippen molar-refractivity contribution in [2.45, 2.75) is 18.9 Å². The van der Waals surface area contributed by atoms with Crippen LogP contribution in [0.15, 0.2) is 42.5 Å². The topological polar surface area (TPSA) is 46.2 Å². The number of fused-ring (bicyclic) bond motifs is 2.